The lowest BCUT2D eigenvalue weighted by molar-refractivity contribution is -0.153. The summed E-state index contributed by atoms with van der Waals surface area (Å²) in [5.74, 6) is 0.341. The molecular weight excluding hydrogens is 369 g/mol. The Balaban J connectivity index is 1.65. The fourth-order valence-corrected chi connectivity index (χ4v) is 3.24. The first kappa shape index (κ1) is 20.2. The number of likely N-dealkylation sites (tertiary alicyclic amines) is 1. The molecule has 2 aromatic rings. The van der Waals surface area contributed by atoms with Gasteiger partial charge in [-0.05, 0) is 29.7 Å². The second kappa shape index (κ2) is 9.10. The molecule has 1 unspecified atom stereocenters. The number of nitrogens with one attached hydrogen (secondary N) is 1. The predicted octanol–water partition coefficient (Wildman–Crippen LogP) is 4.08. The Bertz CT molecular complexity index is 781. The first-order valence-electron chi connectivity index (χ1n) is 9.25. The highest BCUT2D eigenvalue weighted by Gasteiger charge is 2.28. The van der Waals surface area contributed by atoms with Crippen LogP contribution in [0.3, 0.4) is 0 Å². The van der Waals surface area contributed by atoms with Gasteiger partial charge in [-0.2, -0.15) is 13.2 Å². The quantitative estimate of drug-likeness (QED) is 0.736. The van der Waals surface area contributed by atoms with Gasteiger partial charge < -0.3 is 15.0 Å². The summed E-state index contributed by atoms with van der Waals surface area (Å²) in [6.07, 6.45) is -2.91. The molecule has 1 heterocycles. The molecular formula is C21H23F3N2O2. The lowest BCUT2D eigenvalue weighted by Crippen LogP contribution is -2.35. The zero-order valence-corrected chi connectivity index (χ0v) is 15.4. The second-order valence-electron chi connectivity index (χ2n) is 6.84. The van der Waals surface area contributed by atoms with Crippen molar-refractivity contribution in [2.24, 2.45) is 0 Å². The number of halogens is 3. The third-order valence-corrected chi connectivity index (χ3v) is 4.63. The Morgan fingerprint density at radius 3 is 2.57 bits per heavy atom. The van der Waals surface area contributed by atoms with Crippen molar-refractivity contribution in [3.8, 4) is 5.75 Å². The van der Waals surface area contributed by atoms with E-state index in [2.05, 4.69) is 5.32 Å². The summed E-state index contributed by atoms with van der Waals surface area (Å²) < 4.78 is 41.8. The van der Waals surface area contributed by atoms with Crippen LogP contribution < -0.4 is 10.1 Å². The highest BCUT2D eigenvalue weighted by atomic mass is 19.4. The maximum absolute atomic E-state index is 12.3. The molecule has 1 atom stereocenters. The van der Waals surface area contributed by atoms with Crippen LogP contribution in [0.25, 0.3) is 0 Å². The van der Waals surface area contributed by atoms with E-state index in [4.69, 9.17) is 4.74 Å². The third-order valence-electron chi connectivity index (χ3n) is 4.63. The molecule has 3 rings (SSSR count). The van der Waals surface area contributed by atoms with Crippen molar-refractivity contribution in [2.75, 3.05) is 19.7 Å². The molecule has 0 aliphatic carbocycles. The number of ether oxygens (including phenoxy) is 1. The van der Waals surface area contributed by atoms with Crippen molar-refractivity contribution >= 4 is 5.91 Å². The van der Waals surface area contributed by atoms with E-state index in [1.54, 1.807) is 12.1 Å². The second-order valence-corrected chi connectivity index (χ2v) is 6.84. The predicted molar refractivity (Wildman–Crippen MR) is 99.8 cm³/mol. The normalized spacial score (nSPS) is 15.7. The Hall–Kier alpha value is -2.54. The number of hydrogen-bond donors (Lipinski definition) is 1. The number of rotatable bonds is 8. The minimum Gasteiger partial charge on any atom is -0.484 e. The summed E-state index contributed by atoms with van der Waals surface area (Å²) in [5.41, 5.74) is 1.88. The van der Waals surface area contributed by atoms with Gasteiger partial charge in [-0.1, -0.05) is 42.5 Å². The van der Waals surface area contributed by atoms with Crippen molar-refractivity contribution in [3.63, 3.8) is 0 Å². The average Bonchev–Trinajstić information content (AvgIpc) is 3.08. The fourth-order valence-electron chi connectivity index (χ4n) is 3.24. The maximum atomic E-state index is 12.3. The molecule has 1 fully saturated rings. The first-order valence-corrected chi connectivity index (χ1v) is 9.25. The van der Waals surface area contributed by atoms with E-state index in [1.807, 2.05) is 41.3 Å². The van der Waals surface area contributed by atoms with Crippen molar-refractivity contribution in [1.82, 2.24) is 10.2 Å². The van der Waals surface area contributed by atoms with Gasteiger partial charge in [-0.15, -0.1) is 0 Å². The molecule has 28 heavy (non-hydrogen) atoms. The smallest absolute Gasteiger partial charge is 0.422 e. The summed E-state index contributed by atoms with van der Waals surface area (Å²) in [7, 11) is 0. The van der Waals surface area contributed by atoms with Crippen LogP contribution >= 0.6 is 0 Å². The summed E-state index contributed by atoms with van der Waals surface area (Å²) in [6, 6.07) is 16.4. The fraction of sp³-hybridized carbons (Fsp3) is 0.381. The molecule has 4 nitrogen and oxygen atoms in total. The minimum atomic E-state index is -4.37. The number of hydrogen-bond acceptors (Lipinski definition) is 3. The number of carbonyl (C=O) groups excluding carboxylic acids is 1. The van der Waals surface area contributed by atoms with Gasteiger partial charge in [0.1, 0.15) is 5.75 Å². The van der Waals surface area contributed by atoms with Crippen LogP contribution in [0.1, 0.15) is 30.0 Å². The first-order chi connectivity index (χ1) is 13.4. The molecule has 0 radical (unpaired) electrons. The van der Waals surface area contributed by atoms with Gasteiger partial charge in [-0.3, -0.25) is 4.79 Å². The lowest BCUT2D eigenvalue weighted by Gasteiger charge is -2.25. The molecule has 0 bridgehead atoms. The van der Waals surface area contributed by atoms with E-state index in [0.717, 1.165) is 24.1 Å². The molecule has 1 aliphatic rings. The van der Waals surface area contributed by atoms with E-state index in [-0.39, 0.29) is 17.7 Å². The topological polar surface area (TPSA) is 41.6 Å². The van der Waals surface area contributed by atoms with Crippen molar-refractivity contribution in [3.05, 3.63) is 65.7 Å². The highest BCUT2D eigenvalue weighted by Crippen LogP contribution is 2.21. The Morgan fingerprint density at radius 2 is 1.89 bits per heavy atom. The highest BCUT2D eigenvalue weighted by molar-refractivity contribution is 5.78. The van der Waals surface area contributed by atoms with Crippen molar-refractivity contribution in [1.29, 1.82) is 0 Å². The molecule has 7 heteroatoms. The molecule has 0 saturated carbocycles. The largest absolute Gasteiger partial charge is 0.484 e. The molecule has 1 N–H and O–H groups in total. The summed E-state index contributed by atoms with van der Waals surface area (Å²) in [4.78, 5) is 13.9. The molecule has 1 aliphatic heterocycles. The van der Waals surface area contributed by atoms with E-state index in [1.165, 1.54) is 6.07 Å². The third kappa shape index (κ3) is 5.99. The van der Waals surface area contributed by atoms with Crippen LogP contribution in [0, 0.1) is 0 Å². The molecule has 0 spiro atoms. The molecule has 2 aromatic carbocycles. The monoisotopic (exact) mass is 392 g/mol. The van der Waals surface area contributed by atoms with Crippen molar-refractivity contribution in [2.45, 2.75) is 31.6 Å². The number of benzene rings is 2. The van der Waals surface area contributed by atoms with Crippen molar-refractivity contribution < 1.29 is 22.7 Å². The van der Waals surface area contributed by atoms with Gasteiger partial charge in [0, 0.05) is 26.1 Å². The van der Waals surface area contributed by atoms with E-state index in [9.17, 15) is 18.0 Å². The number of carbonyl (C=O) groups is 1. The van der Waals surface area contributed by atoms with Crippen LogP contribution in [0.15, 0.2) is 54.6 Å². The van der Waals surface area contributed by atoms with Gasteiger partial charge in [0.2, 0.25) is 5.91 Å². The lowest BCUT2D eigenvalue weighted by atomic mass is 10.1. The van der Waals surface area contributed by atoms with Crippen LogP contribution in [0.4, 0.5) is 13.2 Å². The molecule has 0 aromatic heterocycles. The SMILES string of the molecule is O=C1CCCN1CC(NCc1cccc(OCC(F)(F)F)c1)c1ccccc1. The Labute approximate surface area is 162 Å². The molecule has 150 valence electrons. The van der Waals surface area contributed by atoms with Gasteiger partial charge in [0.05, 0.1) is 6.04 Å². The van der Waals surface area contributed by atoms with E-state index >= 15 is 0 Å². The van der Waals surface area contributed by atoms with Crippen LogP contribution in [-0.4, -0.2) is 36.7 Å². The average molecular weight is 392 g/mol. The summed E-state index contributed by atoms with van der Waals surface area (Å²) in [5, 5.41) is 3.43. The van der Waals surface area contributed by atoms with Crippen LogP contribution in [-0.2, 0) is 11.3 Å². The number of alkyl halides is 3. The van der Waals surface area contributed by atoms with Gasteiger partial charge in [0.15, 0.2) is 6.61 Å². The van der Waals surface area contributed by atoms with Gasteiger partial charge in [-0.25, -0.2) is 0 Å². The summed E-state index contributed by atoms with van der Waals surface area (Å²) in [6.45, 7) is 0.454. The zero-order valence-electron chi connectivity index (χ0n) is 15.4. The van der Waals surface area contributed by atoms with E-state index < -0.39 is 12.8 Å². The summed E-state index contributed by atoms with van der Waals surface area (Å²) >= 11 is 0. The molecule has 1 amide bonds. The number of amides is 1. The number of nitrogens with zero attached hydrogens (tertiary/aromatic N) is 1. The Morgan fingerprint density at radius 1 is 1.11 bits per heavy atom. The standard InChI is InChI=1S/C21H23F3N2O2/c22-21(23,24)15-28-18-9-4-6-16(12-18)13-25-19(17-7-2-1-3-8-17)14-26-11-5-10-20(26)27/h1-4,6-9,12,19,25H,5,10-11,13-15H2. The maximum Gasteiger partial charge on any atom is 0.422 e. The van der Waals surface area contributed by atoms with Gasteiger partial charge >= 0.3 is 6.18 Å². The zero-order chi connectivity index (χ0) is 20.0. The molecule has 1 saturated heterocycles. The van der Waals surface area contributed by atoms with E-state index in [0.29, 0.717) is 19.5 Å². The Kier molecular flexibility index (Phi) is 6.57. The van der Waals surface area contributed by atoms with Crippen LogP contribution in [0.5, 0.6) is 5.75 Å². The van der Waals surface area contributed by atoms with Crippen LogP contribution in [0.2, 0.25) is 0 Å². The van der Waals surface area contributed by atoms with Gasteiger partial charge in [0.25, 0.3) is 0 Å². The minimum absolute atomic E-state index is 0.0667.